The topological polar surface area (TPSA) is 83.4 Å². The fourth-order valence-corrected chi connectivity index (χ4v) is 1.53. The molecule has 0 radical (unpaired) electrons. The number of carbonyl (C=O) groups is 2. The number of carbonyl (C=O) groups excluding carboxylic acids is 2. The number of amides is 3. The average Bonchev–Trinajstić information content (AvgIpc) is 2.97. The Balaban J connectivity index is 1.66. The molecule has 0 saturated carbocycles. The first kappa shape index (κ1) is 13.7. The molecule has 104 valence electrons. The molecule has 6 heteroatoms. The number of nitrogens with one attached hydrogen (secondary N) is 3. The van der Waals surface area contributed by atoms with Crippen LogP contribution in [0.1, 0.15) is 5.76 Å². The molecule has 0 fully saturated rings. The first-order valence-corrected chi connectivity index (χ1v) is 6.13. The summed E-state index contributed by atoms with van der Waals surface area (Å²) in [5.41, 5.74) is 0.690. The summed E-state index contributed by atoms with van der Waals surface area (Å²) in [7, 11) is 0. The number of anilines is 1. The normalized spacial score (nSPS) is 9.80. The highest BCUT2D eigenvalue weighted by Gasteiger charge is 2.05. The van der Waals surface area contributed by atoms with Crippen molar-refractivity contribution in [2.75, 3.05) is 11.9 Å². The first-order valence-electron chi connectivity index (χ1n) is 6.13. The van der Waals surface area contributed by atoms with Crippen LogP contribution >= 0.6 is 0 Å². The zero-order chi connectivity index (χ0) is 14.2. The third kappa shape index (κ3) is 4.49. The van der Waals surface area contributed by atoms with Crippen LogP contribution in [0.25, 0.3) is 0 Å². The van der Waals surface area contributed by atoms with Crippen LogP contribution in [0.3, 0.4) is 0 Å². The number of urea groups is 1. The van der Waals surface area contributed by atoms with E-state index in [2.05, 4.69) is 16.0 Å². The van der Waals surface area contributed by atoms with Crippen LogP contribution in [0, 0.1) is 0 Å². The van der Waals surface area contributed by atoms with E-state index in [9.17, 15) is 9.59 Å². The van der Waals surface area contributed by atoms with Gasteiger partial charge in [-0.25, -0.2) is 4.79 Å². The second-order valence-electron chi connectivity index (χ2n) is 4.03. The number of hydrogen-bond donors (Lipinski definition) is 3. The number of furan rings is 1. The zero-order valence-electron chi connectivity index (χ0n) is 10.8. The van der Waals surface area contributed by atoms with E-state index in [0.717, 1.165) is 0 Å². The lowest BCUT2D eigenvalue weighted by Crippen LogP contribution is -2.39. The monoisotopic (exact) mass is 273 g/mol. The van der Waals surface area contributed by atoms with E-state index in [0.29, 0.717) is 11.4 Å². The van der Waals surface area contributed by atoms with Gasteiger partial charge in [0.25, 0.3) is 0 Å². The summed E-state index contributed by atoms with van der Waals surface area (Å²) in [6, 6.07) is 12.1. The van der Waals surface area contributed by atoms with Gasteiger partial charge in [0.2, 0.25) is 5.91 Å². The van der Waals surface area contributed by atoms with Crippen LogP contribution in [-0.2, 0) is 11.3 Å². The SMILES string of the molecule is O=C(CNC(=O)NCc1ccco1)Nc1ccccc1. The van der Waals surface area contributed by atoms with Gasteiger partial charge in [-0.2, -0.15) is 0 Å². The van der Waals surface area contributed by atoms with E-state index >= 15 is 0 Å². The molecular formula is C14H15N3O3. The van der Waals surface area contributed by atoms with Gasteiger partial charge in [0.1, 0.15) is 5.76 Å². The molecule has 0 aliphatic carbocycles. The maximum Gasteiger partial charge on any atom is 0.315 e. The van der Waals surface area contributed by atoms with Crippen molar-refractivity contribution >= 4 is 17.6 Å². The predicted molar refractivity (Wildman–Crippen MR) is 74.0 cm³/mol. The minimum Gasteiger partial charge on any atom is -0.467 e. The molecule has 0 atom stereocenters. The molecule has 3 amide bonds. The average molecular weight is 273 g/mol. The summed E-state index contributed by atoms with van der Waals surface area (Å²) < 4.78 is 5.07. The lowest BCUT2D eigenvalue weighted by atomic mass is 10.3. The molecule has 0 bridgehead atoms. The Hall–Kier alpha value is -2.76. The largest absolute Gasteiger partial charge is 0.467 e. The Morgan fingerprint density at radius 1 is 1.00 bits per heavy atom. The van der Waals surface area contributed by atoms with Crippen LogP contribution in [0.4, 0.5) is 10.5 Å². The van der Waals surface area contributed by atoms with Gasteiger partial charge < -0.3 is 20.4 Å². The predicted octanol–water partition coefficient (Wildman–Crippen LogP) is 1.72. The summed E-state index contributed by atoms with van der Waals surface area (Å²) in [4.78, 5) is 23.0. The van der Waals surface area contributed by atoms with Gasteiger partial charge in [0, 0.05) is 5.69 Å². The summed E-state index contributed by atoms with van der Waals surface area (Å²) in [5.74, 6) is 0.359. The number of rotatable bonds is 5. The first-order chi connectivity index (χ1) is 9.74. The molecule has 0 unspecified atom stereocenters. The third-order valence-electron chi connectivity index (χ3n) is 2.47. The summed E-state index contributed by atoms with van der Waals surface area (Å²) >= 11 is 0. The van der Waals surface area contributed by atoms with Gasteiger partial charge >= 0.3 is 6.03 Å². The molecule has 0 aliphatic rings. The number of hydrogen-bond acceptors (Lipinski definition) is 3. The van der Waals surface area contributed by atoms with E-state index in [-0.39, 0.29) is 19.0 Å². The summed E-state index contributed by atoms with van der Waals surface area (Å²) in [6.45, 7) is 0.179. The standard InChI is InChI=1S/C14H15N3O3/c18-13(17-11-5-2-1-3-6-11)10-16-14(19)15-9-12-7-4-8-20-12/h1-8H,9-10H2,(H,17,18)(H2,15,16,19). The molecule has 1 aromatic carbocycles. The van der Waals surface area contributed by atoms with Crippen molar-refractivity contribution in [3.8, 4) is 0 Å². The Morgan fingerprint density at radius 3 is 2.50 bits per heavy atom. The van der Waals surface area contributed by atoms with Gasteiger partial charge in [-0.3, -0.25) is 4.79 Å². The highest BCUT2D eigenvalue weighted by Crippen LogP contribution is 2.03. The van der Waals surface area contributed by atoms with E-state index in [1.807, 2.05) is 18.2 Å². The third-order valence-corrected chi connectivity index (χ3v) is 2.47. The van der Waals surface area contributed by atoms with E-state index in [1.54, 1.807) is 24.3 Å². The Morgan fingerprint density at radius 2 is 1.80 bits per heavy atom. The van der Waals surface area contributed by atoms with Crippen LogP contribution < -0.4 is 16.0 Å². The van der Waals surface area contributed by atoms with Crippen molar-refractivity contribution in [2.45, 2.75) is 6.54 Å². The zero-order valence-corrected chi connectivity index (χ0v) is 10.8. The van der Waals surface area contributed by atoms with Crippen molar-refractivity contribution in [2.24, 2.45) is 0 Å². The molecule has 2 aromatic rings. The molecule has 2 rings (SSSR count). The Kier molecular flexibility index (Phi) is 4.77. The van der Waals surface area contributed by atoms with Gasteiger partial charge in [0.15, 0.2) is 0 Å². The van der Waals surface area contributed by atoms with Crippen LogP contribution in [0.2, 0.25) is 0 Å². The molecule has 1 aromatic heterocycles. The molecular weight excluding hydrogens is 258 g/mol. The van der Waals surface area contributed by atoms with Gasteiger partial charge in [-0.05, 0) is 24.3 Å². The molecule has 3 N–H and O–H groups in total. The fourth-order valence-electron chi connectivity index (χ4n) is 1.53. The second-order valence-corrected chi connectivity index (χ2v) is 4.03. The quantitative estimate of drug-likeness (QED) is 0.775. The van der Waals surface area contributed by atoms with Gasteiger partial charge in [0.05, 0.1) is 19.4 Å². The van der Waals surface area contributed by atoms with Gasteiger partial charge in [-0.15, -0.1) is 0 Å². The van der Waals surface area contributed by atoms with Crippen molar-refractivity contribution < 1.29 is 14.0 Å². The van der Waals surface area contributed by atoms with Crippen LogP contribution in [-0.4, -0.2) is 18.5 Å². The lowest BCUT2D eigenvalue weighted by molar-refractivity contribution is -0.115. The second kappa shape index (κ2) is 6.98. The van der Waals surface area contributed by atoms with Crippen LogP contribution in [0.5, 0.6) is 0 Å². The smallest absolute Gasteiger partial charge is 0.315 e. The van der Waals surface area contributed by atoms with Crippen molar-refractivity contribution in [3.63, 3.8) is 0 Å². The van der Waals surface area contributed by atoms with Crippen molar-refractivity contribution in [3.05, 3.63) is 54.5 Å². The van der Waals surface area contributed by atoms with Crippen molar-refractivity contribution in [1.29, 1.82) is 0 Å². The lowest BCUT2D eigenvalue weighted by Gasteiger charge is -2.07. The number of para-hydroxylation sites is 1. The molecule has 20 heavy (non-hydrogen) atoms. The highest BCUT2D eigenvalue weighted by molar-refractivity contribution is 5.94. The molecule has 0 spiro atoms. The molecule has 1 heterocycles. The number of benzene rings is 1. The summed E-state index contributed by atoms with van der Waals surface area (Å²) in [6.07, 6.45) is 1.53. The van der Waals surface area contributed by atoms with Gasteiger partial charge in [-0.1, -0.05) is 18.2 Å². The maximum absolute atomic E-state index is 11.6. The van der Waals surface area contributed by atoms with E-state index < -0.39 is 6.03 Å². The Bertz CT molecular complexity index is 552. The fraction of sp³-hybridized carbons (Fsp3) is 0.143. The minimum absolute atomic E-state index is 0.0983. The van der Waals surface area contributed by atoms with E-state index in [1.165, 1.54) is 6.26 Å². The minimum atomic E-state index is -0.426. The molecule has 6 nitrogen and oxygen atoms in total. The molecule has 0 aliphatic heterocycles. The highest BCUT2D eigenvalue weighted by atomic mass is 16.3. The van der Waals surface area contributed by atoms with Crippen LogP contribution in [0.15, 0.2) is 53.1 Å². The summed E-state index contributed by atoms with van der Waals surface area (Å²) in [5, 5.41) is 7.71. The maximum atomic E-state index is 11.6. The molecule has 0 saturated heterocycles. The Labute approximate surface area is 116 Å². The van der Waals surface area contributed by atoms with Crippen molar-refractivity contribution in [1.82, 2.24) is 10.6 Å². The van der Waals surface area contributed by atoms with E-state index in [4.69, 9.17) is 4.42 Å².